The molecular weight excluding hydrogens is 805 g/mol. The van der Waals surface area contributed by atoms with Gasteiger partial charge in [0.25, 0.3) is 0 Å². The summed E-state index contributed by atoms with van der Waals surface area (Å²) in [6.07, 6.45) is 6.06. The summed E-state index contributed by atoms with van der Waals surface area (Å²) in [7, 11) is 2.61. The zero-order valence-electron chi connectivity index (χ0n) is 36.5. The summed E-state index contributed by atoms with van der Waals surface area (Å²) in [5.41, 5.74) is 6.57. The second-order valence-corrected chi connectivity index (χ2v) is 17.4. The van der Waals surface area contributed by atoms with Crippen molar-refractivity contribution in [2.45, 2.75) is 109 Å². The molecule has 5 aromatic rings. The molecule has 3 saturated heterocycles. The van der Waals surface area contributed by atoms with Crippen LogP contribution >= 0.6 is 0 Å². The first-order chi connectivity index (χ1) is 30.6. The van der Waals surface area contributed by atoms with Gasteiger partial charge in [0.15, 0.2) is 0 Å². The van der Waals surface area contributed by atoms with Crippen molar-refractivity contribution in [2.75, 3.05) is 27.4 Å². The van der Waals surface area contributed by atoms with Gasteiger partial charge >= 0.3 is 12.2 Å². The minimum absolute atomic E-state index is 0.00399. The van der Waals surface area contributed by atoms with E-state index in [4.69, 9.17) is 23.9 Å². The molecule has 3 fully saturated rings. The molecule has 0 aliphatic carbocycles. The number of H-pyrrole nitrogens is 2. The lowest BCUT2D eigenvalue weighted by Crippen LogP contribution is -2.59. The first kappa shape index (κ1) is 42.2. The van der Waals surface area contributed by atoms with Crippen LogP contribution in [0.15, 0.2) is 48.7 Å². The van der Waals surface area contributed by atoms with Crippen molar-refractivity contribution in [3.05, 3.63) is 65.9 Å². The normalized spacial score (nSPS) is 23.8. The van der Waals surface area contributed by atoms with Gasteiger partial charge in [-0.2, -0.15) is 0 Å². The largest absolute Gasteiger partial charge is 0.488 e. The zero-order valence-corrected chi connectivity index (χ0v) is 36.5. The molecule has 4 N–H and O–H groups in total. The molecule has 4 aliphatic rings. The van der Waals surface area contributed by atoms with Crippen LogP contribution in [0.3, 0.4) is 0 Å². The fourth-order valence-electron chi connectivity index (χ4n) is 10.3. The number of ether oxygens (including phenoxy) is 4. The number of nitrogens with one attached hydrogen (secondary N) is 4. The lowest BCUT2D eigenvalue weighted by Gasteiger charge is -2.42. The van der Waals surface area contributed by atoms with Crippen LogP contribution in [0.5, 0.6) is 5.75 Å². The molecule has 4 amide bonds. The molecule has 6 heterocycles. The highest BCUT2D eigenvalue weighted by Gasteiger charge is 2.44. The van der Waals surface area contributed by atoms with Gasteiger partial charge in [-0.3, -0.25) is 9.59 Å². The Bertz CT molecular complexity index is 2550. The van der Waals surface area contributed by atoms with Gasteiger partial charge in [-0.25, -0.2) is 19.6 Å². The summed E-state index contributed by atoms with van der Waals surface area (Å²) in [5.74, 6) is 1.70. The summed E-state index contributed by atoms with van der Waals surface area (Å²) in [6.45, 7) is 7.86. The lowest BCUT2D eigenvalue weighted by atomic mass is 9.86. The van der Waals surface area contributed by atoms with E-state index in [9.17, 15) is 19.2 Å². The van der Waals surface area contributed by atoms with Crippen LogP contribution in [0.4, 0.5) is 9.59 Å². The van der Waals surface area contributed by atoms with Crippen molar-refractivity contribution in [3.63, 3.8) is 0 Å². The van der Waals surface area contributed by atoms with Gasteiger partial charge in [0, 0.05) is 35.6 Å². The number of imidazole rings is 2. The summed E-state index contributed by atoms with van der Waals surface area (Å²) in [5, 5.41) is 7.54. The van der Waals surface area contributed by atoms with E-state index in [1.807, 2.05) is 22.8 Å². The van der Waals surface area contributed by atoms with E-state index >= 15 is 0 Å². The Morgan fingerprint density at radius 3 is 2.56 bits per heavy atom. The number of aromatic nitrogens is 4. The van der Waals surface area contributed by atoms with Gasteiger partial charge in [0.2, 0.25) is 11.8 Å². The third kappa shape index (κ3) is 7.93. The predicted molar refractivity (Wildman–Crippen MR) is 234 cm³/mol. The Hall–Kier alpha value is -6.16. The number of carbonyl (C=O) groups is 4. The van der Waals surface area contributed by atoms with Crippen molar-refractivity contribution in [1.82, 2.24) is 40.4 Å². The minimum atomic E-state index is -0.765. The van der Waals surface area contributed by atoms with E-state index in [-0.39, 0.29) is 41.8 Å². The Labute approximate surface area is 365 Å². The molecule has 2 aromatic heterocycles. The van der Waals surface area contributed by atoms with E-state index in [1.54, 1.807) is 6.20 Å². The molecule has 332 valence electrons. The molecule has 16 heteroatoms. The molecule has 4 aliphatic heterocycles. The Morgan fingerprint density at radius 2 is 1.79 bits per heavy atom. The highest BCUT2D eigenvalue weighted by molar-refractivity contribution is 6.07. The van der Waals surface area contributed by atoms with Crippen LogP contribution in [0.1, 0.15) is 89.0 Å². The number of methoxy groups -OCH3 is 2. The first-order valence-corrected chi connectivity index (χ1v) is 22.2. The number of fused-ring (bicyclic) bond motifs is 6. The number of benzene rings is 3. The maximum Gasteiger partial charge on any atom is 0.407 e. The Kier molecular flexibility index (Phi) is 11.7. The van der Waals surface area contributed by atoms with Crippen molar-refractivity contribution in [3.8, 4) is 28.1 Å². The zero-order chi connectivity index (χ0) is 43.9. The van der Waals surface area contributed by atoms with Crippen LogP contribution in [0.25, 0.3) is 44.2 Å². The molecule has 3 aromatic carbocycles. The van der Waals surface area contributed by atoms with Crippen LogP contribution in [0, 0.1) is 11.8 Å². The SMILES string of the molecule is CC[C@@H]1CC(C)[C@H](NC(=O)OC)C(=O)N1Cc1ncc(-c2ccc3c(c2)COc2cc4c(ccc5[nH]c([C@@H]6CC[C@H](CC)N6C(=O)[C@@H](NC(=O)OC)[C@@H]6CCCOC6)nc54)cc2-3)[nH]1. The van der Waals surface area contributed by atoms with Gasteiger partial charge in [-0.15, -0.1) is 0 Å². The molecular formula is C47H56N8O8. The van der Waals surface area contributed by atoms with Gasteiger partial charge in [0.05, 0.1) is 56.3 Å². The van der Waals surface area contributed by atoms with Gasteiger partial charge in [0.1, 0.15) is 36.1 Å². The molecule has 0 saturated carbocycles. The van der Waals surface area contributed by atoms with Crippen LogP contribution in [-0.2, 0) is 37.0 Å². The third-order valence-corrected chi connectivity index (χ3v) is 13.7. The number of amides is 4. The average Bonchev–Trinajstić information content (AvgIpc) is 4.08. The molecule has 9 rings (SSSR count). The second kappa shape index (κ2) is 17.5. The highest BCUT2D eigenvalue weighted by atomic mass is 16.5. The summed E-state index contributed by atoms with van der Waals surface area (Å²) < 4.78 is 21.9. The van der Waals surface area contributed by atoms with E-state index in [0.717, 1.165) is 106 Å². The molecule has 16 nitrogen and oxygen atoms in total. The van der Waals surface area contributed by atoms with Gasteiger partial charge < -0.3 is 49.3 Å². The minimum Gasteiger partial charge on any atom is -0.488 e. The quantitative estimate of drug-likeness (QED) is 0.112. The third-order valence-electron chi connectivity index (χ3n) is 13.7. The fourth-order valence-corrected chi connectivity index (χ4v) is 10.3. The number of hydrogen-bond donors (Lipinski definition) is 4. The maximum absolute atomic E-state index is 14.5. The Balaban J connectivity index is 0.960. The van der Waals surface area contributed by atoms with Gasteiger partial charge in [-0.1, -0.05) is 39.0 Å². The summed E-state index contributed by atoms with van der Waals surface area (Å²) in [4.78, 5) is 73.3. The molecule has 0 radical (unpaired) electrons. The van der Waals surface area contributed by atoms with Gasteiger partial charge in [-0.05, 0) is 97.2 Å². The summed E-state index contributed by atoms with van der Waals surface area (Å²) in [6, 6.07) is 13.0. The number of rotatable bonds is 10. The van der Waals surface area contributed by atoms with Crippen molar-refractivity contribution in [2.24, 2.45) is 11.8 Å². The number of carbonyl (C=O) groups excluding carboxylic acids is 4. The number of likely N-dealkylation sites (tertiary alicyclic amines) is 2. The van der Waals surface area contributed by atoms with Crippen molar-refractivity contribution < 1.29 is 38.1 Å². The number of alkyl carbamates (subject to hydrolysis) is 2. The van der Waals surface area contributed by atoms with Crippen molar-refractivity contribution >= 4 is 45.8 Å². The fraction of sp³-hybridized carbons (Fsp3) is 0.489. The Morgan fingerprint density at radius 1 is 0.968 bits per heavy atom. The second-order valence-electron chi connectivity index (χ2n) is 17.4. The topological polar surface area (TPSA) is 193 Å². The smallest absolute Gasteiger partial charge is 0.407 e. The van der Waals surface area contributed by atoms with E-state index in [1.165, 1.54) is 14.2 Å². The van der Waals surface area contributed by atoms with Crippen molar-refractivity contribution in [1.29, 1.82) is 0 Å². The number of nitrogens with zero attached hydrogens (tertiary/aromatic N) is 4. The van der Waals surface area contributed by atoms with E-state index in [0.29, 0.717) is 32.2 Å². The standard InChI is InChI=1S/C47H56N8O8/c1-6-30-12-15-37(55(30)45(57)41(53-47(59)61-5)28-9-8-16-62-23-28)43-50-35-14-11-26-19-34-32-13-10-27(18-29(32)24-63-38(34)20-33(26)42(35)51-43)36-21-48-39(49-36)22-54-31(7-2)17-25(3)40(44(54)56)52-46(58)60-4/h10-11,13-14,18-21,25,28,30-31,37,40-41H,6-9,12,15-17,22-24H2,1-5H3,(H,48,49)(H,50,51)(H,52,58)(H,53,59)/t25?,28-,30+,31-,37+,40+,41+/m1/s1. The molecule has 0 bridgehead atoms. The van der Waals surface area contributed by atoms with Crippen LogP contribution in [-0.4, -0.2) is 105 Å². The highest BCUT2D eigenvalue weighted by Crippen LogP contribution is 2.44. The average molecular weight is 861 g/mol. The van der Waals surface area contributed by atoms with Crippen LogP contribution < -0.4 is 15.4 Å². The molecule has 0 spiro atoms. The lowest BCUT2D eigenvalue weighted by molar-refractivity contribution is -0.142. The maximum atomic E-state index is 14.5. The number of piperidine rings is 1. The molecule has 7 atom stereocenters. The molecule has 1 unspecified atom stereocenters. The predicted octanol–water partition coefficient (Wildman–Crippen LogP) is 7.13. The van der Waals surface area contributed by atoms with E-state index < -0.39 is 24.3 Å². The number of hydrogen-bond acceptors (Lipinski definition) is 10. The first-order valence-electron chi connectivity index (χ1n) is 22.2. The molecule has 63 heavy (non-hydrogen) atoms. The summed E-state index contributed by atoms with van der Waals surface area (Å²) >= 11 is 0. The van der Waals surface area contributed by atoms with E-state index in [2.05, 4.69) is 75.8 Å². The monoisotopic (exact) mass is 860 g/mol. The van der Waals surface area contributed by atoms with Crippen LogP contribution in [0.2, 0.25) is 0 Å². The number of aromatic amines is 2.